The Hall–Kier alpha value is -0.770. The molecule has 0 radical (unpaired) electrons. The SMILES string of the molecule is O=C(Cl)CNC(=O)O. The third kappa shape index (κ3) is 5.23. The predicted octanol–water partition coefficient (Wildman–Crippen LogP) is 0.0194. The van der Waals surface area contributed by atoms with Gasteiger partial charge in [0.15, 0.2) is 0 Å². The van der Waals surface area contributed by atoms with Crippen molar-refractivity contribution in [2.75, 3.05) is 6.54 Å². The minimum atomic E-state index is -1.25. The first-order chi connectivity index (χ1) is 3.63. The summed E-state index contributed by atoms with van der Waals surface area (Å²) in [5.41, 5.74) is 0. The molecule has 0 fully saturated rings. The highest BCUT2D eigenvalue weighted by Gasteiger charge is 1.96. The van der Waals surface area contributed by atoms with Crippen molar-refractivity contribution in [1.82, 2.24) is 5.32 Å². The molecule has 0 spiro atoms. The highest BCUT2D eigenvalue weighted by molar-refractivity contribution is 6.64. The van der Waals surface area contributed by atoms with Gasteiger partial charge in [0, 0.05) is 0 Å². The molecule has 1 amide bonds. The molecule has 2 N–H and O–H groups in total. The molecule has 0 heterocycles. The number of hydrogen-bond donors (Lipinski definition) is 2. The van der Waals surface area contributed by atoms with Crippen LogP contribution in [0.25, 0.3) is 0 Å². The third-order valence-corrected chi connectivity index (χ3v) is 0.512. The Bertz CT molecular complexity index is 99.1. The van der Waals surface area contributed by atoms with E-state index >= 15 is 0 Å². The second-order valence-electron chi connectivity index (χ2n) is 1.01. The summed E-state index contributed by atoms with van der Waals surface area (Å²) in [5.74, 6) is 0. The first-order valence-electron chi connectivity index (χ1n) is 1.78. The van der Waals surface area contributed by atoms with Crippen LogP contribution in [0.4, 0.5) is 4.79 Å². The fraction of sp³-hybridized carbons (Fsp3) is 0.333. The number of carbonyl (C=O) groups is 2. The normalized spacial score (nSPS) is 8.12. The van der Waals surface area contributed by atoms with Crippen molar-refractivity contribution in [1.29, 1.82) is 0 Å². The number of rotatable bonds is 2. The second kappa shape index (κ2) is 3.26. The molecule has 0 aliphatic rings. The van der Waals surface area contributed by atoms with E-state index in [1.165, 1.54) is 0 Å². The van der Waals surface area contributed by atoms with Gasteiger partial charge in [-0.2, -0.15) is 0 Å². The lowest BCUT2D eigenvalue weighted by molar-refractivity contribution is -0.110. The summed E-state index contributed by atoms with van der Waals surface area (Å²) < 4.78 is 0. The topological polar surface area (TPSA) is 66.4 Å². The molecular weight excluding hydrogens is 133 g/mol. The van der Waals surface area contributed by atoms with Gasteiger partial charge in [-0.1, -0.05) is 0 Å². The number of carboxylic acid groups (broad SMARTS) is 1. The summed E-state index contributed by atoms with van der Waals surface area (Å²) in [6, 6.07) is 0. The Kier molecular flexibility index (Phi) is 2.95. The van der Waals surface area contributed by atoms with Crippen LogP contribution >= 0.6 is 11.6 Å². The number of carbonyl (C=O) groups excluding carboxylic acids is 1. The third-order valence-electron chi connectivity index (χ3n) is 0.379. The standard InChI is InChI=1S/C3H4ClNO3/c4-2(6)1-5-3(7)8/h5H,1H2,(H,7,8). The molecule has 0 saturated carbocycles. The molecule has 0 bridgehead atoms. The number of halogens is 1. The van der Waals surface area contributed by atoms with Crippen molar-refractivity contribution in [2.45, 2.75) is 0 Å². The maximum atomic E-state index is 9.79. The van der Waals surface area contributed by atoms with Crippen molar-refractivity contribution >= 4 is 22.9 Å². The molecule has 0 aliphatic heterocycles. The van der Waals surface area contributed by atoms with Crippen LogP contribution in [-0.2, 0) is 4.79 Å². The highest BCUT2D eigenvalue weighted by Crippen LogP contribution is 1.73. The Morgan fingerprint density at radius 1 is 1.62 bits per heavy atom. The summed E-state index contributed by atoms with van der Waals surface area (Å²) in [4.78, 5) is 19.4. The molecule has 0 saturated heterocycles. The van der Waals surface area contributed by atoms with Crippen LogP contribution in [0.5, 0.6) is 0 Å². The lowest BCUT2D eigenvalue weighted by Crippen LogP contribution is -2.25. The highest BCUT2D eigenvalue weighted by atomic mass is 35.5. The predicted molar refractivity (Wildman–Crippen MR) is 26.9 cm³/mol. The molecule has 0 aliphatic carbocycles. The van der Waals surface area contributed by atoms with Gasteiger partial charge in [0.05, 0.1) is 6.54 Å². The van der Waals surface area contributed by atoms with Gasteiger partial charge in [0.25, 0.3) is 0 Å². The first kappa shape index (κ1) is 7.23. The van der Waals surface area contributed by atoms with Crippen LogP contribution in [0.1, 0.15) is 0 Å². The minimum absolute atomic E-state index is 0.336. The summed E-state index contributed by atoms with van der Waals surface area (Å²) >= 11 is 4.76. The number of nitrogens with one attached hydrogen (secondary N) is 1. The Labute approximate surface area is 50.4 Å². The van der Waals surface area contributed by atoms with Gasteiger partial charge in [0.2, 0.25) is 5.24 Å². The van der Waals surface area contributed by atoms with Crippen molar-refractivity contribution in [3.8, 4) is 0 Å². The molecule has 4 nitrogen and oxygen atoms in total. The zero-order valence-electron chi connectivity index (χ0n) is 3.85. The Morgan fingerprint density at radius 2 is 2.12 bits per heavy atom. The molecular formula is C3H4ClNO3. The average Bonchev–Trinajstić information content (AvgIpc) is 1.61. The van der Waals surface area contributed by atoms with Crippen molar-refractivity contribution in [3.63, 3.8) is 0 Å². The van der Waals surface area contributed by atoms with Gasteiger partial charge in [-0.05, 0) is 11.6 Å². The maximum Gasteiger partial charge on any atom is 0.405 e. The zero-order chi connectivity index (χ0) is 6.57. The van der Waals surface area contributed by atoms with Crippen LogP contribution in [-0.4, -0.2) is 23.0 Å². The van der Waals surface area contributed by atoms with Gasteiger partial charge in [-0.3, -0.25) is 4.79 Å². The van der Waals surface area contributed by atoms with Gasteiger partial charge in [0.1, 0.15) is 0 Å². The fourth-order valence-electron chi connectivity index (χ4n) is 0.145. The second-order valence-corrected chi connectivity index (χ2v) is 1.44. The molecule has 46 valence electrons. The summed E-state index contributed by atoms with van der Waals surface area (Å²) in [6.07, 6.45) is -1.25. The van der Waals surface area contributed by atoms with Crippen LogP contribution in [0.3, 0.4) is 0 Å². The van der Waals surface area contributed by atoms with E-state index in [0.717, 1.165) is 0 Å². The molecule has 0 atom stereocenters. The maximum absolute atomic E-state index is 9.79. The van der Waals surface area contributed by atoms with Crippen LogP contribution < -0.4 is 5.32 Å². The van der Waals surface area contributed by atoms with E-state index in [1.54, 1.807) is 5.32 Å². The van der Waals surface area contributed by atoms with E-state index in [-0.39, 0.29) is 6.54 Å². The summed E-state index contributed by atoms with van der Waals surface area (Å²) in [5, 5.41) is 8.91. The molecule has 0 aromatic heterocycles. The molecule has 0 aromatic rings. The van der Waals surface area contributed by atoms with Gasteiger partial charge in [-0.15, -0.1) is 0 Å². The monoisotopic (exact) mass is 137 g/mol. The largest absolute Gasteiger partial charge is 0.465 e. The van der Waals surface area contributed by atoms with Gasteiger partial charge >= 0.3 is 6.09 Å². The van der Waals surface area contributed by atoms with Crippen molar-refractivity contribution in [2.24, 2.45) is 0 Å². The molecule has 0 aromatic carbocycles. The van der Waals surface area contributed by atoms with E-state index in [9.17, 15) is 9.59 Å². The summed E-state index contributed by atoms with van der Waals surface area (Å²) in [7, 11) is 0. The molecule has 0 unspecified atom stereocenters. The van der Waals surface area contributed by atoms with E-state index in [2.05, 4.69) is 0 Å². The summed E-state index contributed by atoms with van der Waals surface area (Å²) in [6.45, 7) is -0.336. The molecule has 0 rings (SSSR count). The number of hydrogen-bond acceptors (Lipinski definition) is 2. The van der Waals surface area contributed by atoms with E-state index < -0.39 is 11.3 Å². The first-order valence-corrected chi connectivity index (χ1v) is 2.16. The van der Waals surface area contributed by atoms with Gasteiger partial charge < -0.3 is 10.4 Å². The lowest BCUT2D eigenvalue weighted by atomic mass is 10.7. The smallest absolute Gasteiger partial charge is 0.405 e. The van der Waals surface area contributed by atoms with E-state index in [0.29, 0.717) is 0 Å². The lowest BCUT2D eigenvalue weighted by Gasteiger charge is -1.90. The Morgan fingerprint density at radius 3 is 2.25 bits per heavy atom. The van der Waals surface area contributed by atoms with Crippen LogP contribution in [0.2, 0.25) is 0 Å². The Balaban J connectivity index is 3.18. The number of amides is 1. The average molecular weight is 138 g/mol. The van der Waals surface area contributed by atoms with E-state index in [4.69, 9.17) is 16.7 Å². The fourth-order valence-corrected chi connectivity index (χ4v) is 0.212. The van der Waals surface area contributed by atoms with Crippen LogP contribution in [0, 0.1) is 0 Å². The van der Waals surface area contributed by atoms with Crippen LogP contribution in [0.15, 0.2) is 0 Å². The van der Waals surface area contributed by atoms with Gasteiger partial charge in [-0.25, -0.2) is 4.79 Å². The van der Waals surface area contributed by atoms with Crippen molar-refractivity contribution < 1.29 is 14.7 Å². The molecule has 5 heteroatoms. The van der Waals surface area contributed by atoms with Crippen molar-refractivity contribution in [3.05, 3.63) is 0 Å². The van der Waals surface area contributed by atoms with E-state index in [1.807, 2.05) is 0 Å². The minimum Gasteiger partial charge on any atom is -0.465 e. The zero-order valence-corrected chi connectivity index (χ0v) is 4.60. The quantitative estimate of drug-likeness (QED) is 0.528. The molecule has 8 heavy (non-hydrogen) atoms.